The molecule has 25 heavy (non-hydrogen) atoms. The van der Waals surface area contributed by atoms with E-state index >= 15 is 0 Å². The second-order valence-corrected chi connectivity index (χ2v) is 9.24. The largest absolute Gasteiger partial charge is 0.341 e. The van der Waals surface area contributed by atoms with E-state index in [2.05, 4.69) is 6.92 Å². The molecule has 0 aliphatic carbocycles. The molecule has 0 aromatic heterocycles. The first-order valence-corrected chi connectivity index (χ1v) is 10.1. The van der Waals surface area contributed by atoms with Crippen LogP contribution in [0.15, 0.2) is 18.2 Å². The minimum Gasteiger partial charge on any atom is -0.341 e. The number of hydrogen-bond donors (Lipinski definition) is 0. The lowest BCUT2D eigenvalue weighted by Crippen LogP contribution is -2.49. The molecule has 1 heterocycles. The number of rotatable bonds is 5. The molecule has 2 rings (SSSR count). The fourth-order valence-corrected chi connectivity index (χ4v) is 4.23. The van der Waals surface area contributed by atoms with Crippen LogP contribution in [0.1, 0.15) is 30.9 Å². The van der Waals surface area contributed by atoms with Crippen molar-refractivity contribution in [2.45, 2.75) is 33.6 Å². The van der Waals surface area contributed by atoms with E-state index in [0.717, 1.165) is 28.3 Å². The molecule has 1 aliphatic heterocycles. The smallest absolute Gasteiger partial charge is 0.304 e. The van der Waals surface area contributed by atoms with Crippen LogP contribution in [0.4, 0.5) is 5.69 Å². The highest BCUT2D eigenvalue weighted by molar-refractivity contribution is 7.90. The zero-order valence-electron chi connectivity index (χ0n) is 15.8. The zero-order valence-corrected chi connectivity index (χ0v) is 16.6. The lowest BCUT2D eigenvalue weighted by Gasteiger charge is -2.34. The Morgan fingerprint density at radius 3 is 2.56 bits per heavy atom. The van der Waals surface area contributed by atoms with Crippen LogP contribution in [0.25, 0.3) is 0 Å². The van der Waals surface area contributed by atoms with Crippen LogP contribution in [-0.4, -0.2) is 57.3 Å². The fourth-order valence-electron chi connectivity index (χ4n) is 3.12. The highest BCUT2D eigenvalue weighted by Gasteiger charge is 2.31. The second-order valence-electron chi connectivity index (χ2n) is 7.17. The highest BCUT2D eigenvalue weighted by atomic mass is 32.2. The van der Waals surface area contributed by atoms with E-state index in [-0.39, 0.29) is 12.5 Å². The van der Waals surface area contributed by atoms with E-state index in [0.29, 0.717) is 24.7 Å². The summed E-state index contributed by atoms with van der Waals surface area (Å²) in [5.41, 5.74) is 2.35. The molecule has 0 bridgehead atoms. The monoisotopic (exact) mass is 367 g/mol. The number of carbonyl (C=O) groups excluding carboxylic acids is 1. The van der Waals surface area contributed by atoms with Crippen LogP contribution in [0.5, 0.6) is 0 Å². The van der Waals surface area contributed by atoms with Crippen molar-refractivity contribution in [3.8, 4) is 0 Å². The van der Waals surface area contributed by atoms with E-state index in [1.54, 1.807) is 4.90 Å². The summed E-state index contributed by atoms with van der Waals surface area (Å²) in [6.07, 6.45) is 2.08. The number of hydrogen-bond acceptors (Lipinski definition) is 3. The van der Waals surface area contributed by atoms with Gasteiger partial charge < -0.3 is 4.90 Å². The van der Waals surface area contributed by atoms with Gasteiger partial charge in [-0.2, -0.15) is 12.7 Å². The van der Waals surface area contributed by atoms with Crippen molar-refractivity contribution in [1.29, 1.82) is 0 Å². The van der Waals surface area contributed by atoms with Crippen LogP contribution >= 0.6 is 0 Å². The molecule has 0 saturated carbocycles. The van der Waals surface area contributed by atoms with Gasteiger partial charge in [0.1, 0.15) is 6.54 Å². The molecule has 1 aliphatic rings. The Kier molecular flexibility index (Phi) is 6.11. The van der Waals surface area contributed by atoms with Gasteiger partial charge in [0.2, 0.25) is 5.91 Å². The number of anilines is 1. The number of likely N-dealkylation sites (tertiary alicyclic amines) is 1. The van der Waals surface area contributed by atoms with Gasteiger partial charge >= 0.3 is 10.2 Å². The fraction of sp³-hybridized carbons (Fsp3) is 0.611. The van der Waals surface area contributed by atoms with E-state index in [4.69, 9.17) is 0 Å². The average Bonchev–Trinajstić information content (AvgIpc) is 2.54. The highest BCUT2D eigenvalue weighted by Crippen LogP contribution is 2.26. The Labute approximate surface area is 151 Å². The minimum atomic E-state index is -3.76. The Balaban J connectivity index is 2.36. The minimum absolute atomic E-state index is 0.141. The second kappa shape index (κ2) is 7.74. The van der Waals surface area contributed by atoms with Crippen molar-refractivity contribution < 1.29 is 13.2 Å². The van der Waals surface area contributed by atoms with Crippen LogP contribution < -0.4 is 4.31 Å². The van der Waals surface area contributed by atoms with Crippen molar-refractivity contribution in [3.05, 3.63) is 29.3 Å². The van der Waals surface area contributed by atoms with Gasteiger partial charge in [-0.05, 0) is 49.8 Å². The third-order valence-electron chi connectivity index (χ3n) is 4.66. The standard InChI is InChI=1S/C18H29N3O3S/c1-14-8-9-16(3)17(11-14)21(25(23,24)19(4)5)13-18(22)20-10-6-7-15(2)12-20/h8-9,11,15H,6-7,10,12-13H2,1-5H3. The van der Waals surface area contributed by atoms with Gasteiger partial charge in [0, 0.05) is 27.2 Å². The maximum atomic E-state index is 12.9. The first-order valence-electron chi connectivity index (χ1n) is 8.68. The Morgan fingerprint density at radius 1 is 1.28 bits per heavy atom. The van der Waals surface area contributed by atoms with Crippen LogP contribution in [0.3, 0.4) is 0 Å². The lowest BCUT2D eigenvalue weighted by atomic mass is 10.0. The summed E-state index contributed by atoms with van der Waals surface area (Å²) in [7, 11) is -0.785. The van der Waals surface area contributed by atoms with E-state index in [1.807, 2.05) is 32.0 Å². The van der Waals surface area contributed by atoms with E-state index in [1.165, 1.54) is 18.4 Å². The molecule has 1 aromatic carbocycles. The van der Waals surface area contributed by atoms with Gasteiger partial charge in [-0.3, -0.25) is 4.79 Å². The molecule has 1 saturated heterocycles. The first-order chi connectivity index (χ1) is 11.6. The third kappa shape index (κ3) is 4.52. The number of amides is 1. The SMILES string of the molecule is Cc1ccc(C)c(N(CC(=O)N2CCCC(C)C2)S(=O)(=O)N(C)C)c1. The zero-order chi connectivity index (χ0) is 18.8. The normalized spacial score (nSPS) is 18.5. The molecule has 0 spiro atoms. The molecule has 7 heteroatoms. The van der Waals surface area contributed by atoms with E-state index < -0.39 is 10.2 Å². The van der Waals surface area contributed by atoms with Gasteiger partial charge in [0.05, 0.1) is 5.69 Å². The Morgan fingerprint density at radius 2 is 1.96 bits per heavy atom. The van der Waals surface area contributed by atoms with Crippen molar-refractivity contribution in [2.75, 3.05) is 38.0 Å². The summed E-state index contributed by atoms with van der Waals surface area (Å²) >= 11 is 0. The van der Waals surface area contributed by atoms with Crippen molar-refractivity contribution in [3.63, 3.8) is 0 Å². The number of nitrogens with zero attached hydrogens (tertiary/aromatic N) is 3. The predicted octanol–water partition coefficient (Wildman–Crippen LogP) is 2.17. The number of piperidine rings is 1. The Hall–Kier alpha value is -1.60. The van der Waals surface area contributed by atoms with Gasteiger partial charge in [0.15, 0.2) is 0 Å². The molecule has 1 fully saturated rings. The van der Waals surface area contributed by atoms with Crippen LogP contribution in [0.2, 0.25) is 0 Å². The van der Waals surface area contributed by atoms with Gasteiger partial charge in [-0.15, -0.1) is 0 Å². The summed E-state index contributed by atoms with van der Waals surface area (Å²) in [6, 6.07) is 5.65. The maximum absolute atomic E-state index is 12.9. The number of carbonyl (C=O) groups is 1. The molecule has 1 amide bonds. The summed E-state index contributed by atoms with van der Waals surface area (Å²) in [5.74, 6) is 0.315. The molecule has 6 nitrogen and oxygen atoms in total. The van der Waals surface area contributed by atoms with Crippen LogP contribution in [-0.2, 0) is 15.0 Å². The molecule has 140 valence electrons. The number of benzene rings is 1. The van der Waals surface area contributed by atoms with E-state index in [9.17, 15) is 13.2 Å². The van der Waals surface area contributed by atoms with Crippen LogP contribution in [0, 0.1) is 19.8 Å². The third-order valence-corrected chi connectivity index (χ3v) is 6.47. The molecule has 0 N–H and O–H groups in total. The van der Waals surface area contributed by atoms with Gasteiger partial charge in [0.25, 0.3) is 0 Å². The summed E-state index contributed by atoms with van der Waals surface area (Å²) in [5, 5.41) is 0. The van der Waals surface area contributed by atoms with Gasteiger partial charge in [-0.25, -0.2) is 4.31 Å². The van der Waals surface area contributed by atoms with Crippen molar-refractivity contribution >= 4 is 21.8 Å². The van der Waals surface area contributed by atoms with Crippen molar-refractivity contribution in [1.82, 2.24) is 9.21 Å². The van der Waals surface area contributed by atoms with Gasteiger partial charge in [-0.1, -0.05) is 19.1 Å². The maximum Gasteiger partial charge on any atom is 0.304 e. The average molecular weight is 368 g/mol. The quantitative estimate of drug-likeness (QED) is 0.801. The molecular weight excluding hydrogens is 338 g/mol. The summed E-state index contributed by atoms with van der Waals surface area (Å²) in [6.45, 7) is 7.13. The topological polar surface area (TPSA) is 60.9 Å². The van der Waals surface area contributed by atoms with Crippen molar-refractivity contribution in [2.24, 2.45) is 5.92 Å². The first kappa shape index (κ1) is 19.7. The molecule has 1 unspecified atom stereocenters. The molecule has 1 aromatic rings. The number of aryl methyl sites for hydroxylation is 2. The molecule has 0 radical (unpaired) electrons. The molecule has 1 atom stereocenters. The molecular formula is C18H29N3O3S. The lowest BCUT2D eigenvalue weighted by molar-refractivity contribution is -0.131. The predicted molar refractivity (Wildman–Crippen MR) is 101 cm³/mol. The Bertz CT molecular complexity index is 731. The summed E-state index contributed by atoms with van der Waals surface area (Å²) < 4.78 is 28.1. The summed E-state index contributed by atoms with van der Waals surface area (Å²) in [4.78, 5) is 14.6.